The second kappa shape index (κ2) is 5.32. The highest BCUT2D eigenvalue weighted by Gasteiger charge is 2.12. The van der Waals surface area contributed by atoms with Crippen molar-refractivity contribution >= 4 is 48.7 Å². The second-order valence-corrected chi connectivity index (χ2v) is 7.40. The Morgan fingerprint density at radius 2 is 2.11 bits per heavy atom. The van der Waals surface area contributed by atoms with Gasteiger partial charge in [-0.2, -0.15) is 0 Å². The number of halogens is 2. The SMILES string of the molecule is NC(Cc1cc(Br)cs1)c1cc2ccc(F)cc2s1. The molecule has 0 saturated carbocycles. The molecule has 1 nitrogen and oxygen atoms in total. The first-order valence-electron chi connectivity index (χ1n) is 5.79. The molecule has 0 aliphatic heterocycles. The largest absolute Gasteiger partial charge is 0.323 e. The van der Waals surface area contributed by atoms with Crippen molar-refractivity contribution in [1.82, 2.24) is 0 Å². The van der Waals surface area contributed by atoms with Gasteiger partial charge in [-0.3, -0.25) is 0 Å². The molecule has 1 atom stereocenters. The van der Waals surface area contributed by atoms with Crippen molar-refractivity contribution in [2.24, 2.45) is 5.73 Å². The van der Waals surface area contributed by atoms with E-state index in [4.69, 9.17) is 5.73 Å². The lowest BCUT2D eigenvalue weighted by Crippen LogP contribution is -2.10. The summed E-state index contributed by atoms with van der Waals surface area (Å²) in [5.74, 6) is -0.198. The fraction of sp³-hybridized carbons (Fsp3) is 0.143. The zero-order valence-electron chi connectivity index (χ0n) is 9.90. The number of hydrogen-bond acceptors (Lipinski definition) is 3. The fourth-order valence-corrected chi connectivity index (χ4v) is 4.59. The highest BCUT2D eigenvalue weighted by molar-refractivity contribution is 9.10. The lowest BCUT2D eigenvalue weighted by atomic mass is 10.1. The van der Waals surface area contributed by atoms with Gasteiger partial charge in [0.15, 0.2) is 0 Å². The third-order valence-corrected chi connectivity index (χ3v) is 5.86. The van der Waals surface area contributed by atoms with Crippen molar-refractivity contribution < 1.29 is 4.39 Å². The number of thiophene rings is 2. The predicted octanol–water partition coefficient (Wildman–Crippen LogP) is 5.11. The summed E-state index contributed by atoms with van der Waals surface area (Å²) in [6.45, 7) is 0. The van der Waals surface area contributed by atoms with Gasteiger partial charge in [0.2, 0.25) is 0 Å². The Labute approximate surface area is 127 Å². The molecule has 2 heterocycles. The van der Waals surface area contributed by atoms with E-state index in [9.17, 15) is 4.39 Å². The van der Waals surface area contributed by atoms with Crippen LogP contribution in [-0.2, 0) is 6.42 Å². The van der Waals surface area contributed by atoms with E-state index in [-0.39, 0.29) is 11.9 Å². The molecule has 3 rings (SSSR count). The summed E-state index contributed by atoms with van der Waals surface area (Å²) in [5.41, 5.74) is 6.25. The van der Waals surface area contributed by atoms with E-state index in [1.807, 2.05) is 0 Å². The summed E-state index contributed by atoms with van der Waals surface area (Å²) >= 11 is 6.72. The zero-order valence-corrected chi connectivity index (χ0v) is 13.1. The normalized spacial score (nSPS) is 13.0. The van der Waals surface area contributed by atoms with Gasteiger partial charge >= 0.3 is 0 Å². The number of fused-ring (bicyclic) bond motifs is 1. The minimum absolute atomic E-state index is 0.0361. The Kier molecular flexibility index (Phi) is 3.71. The molecule has 0 aliphatic carbocycles. The summed E-state index contributed by atoms with van der Waals surface area (Å²) < 4.78 is 15.2. The van der Waals surface area contributed by atoms with Crippen LogP contribution in [0.4, 0.5) is 4.39 Å². The third-order valence-electron chi connectivity index (χ3n) is 2.91. The first-order valence-corrected chi connectivity index (χ1v) is 8.28. The number of nitrogens with two attached hydrogens (primary N) is 1. The Balaban J connectivity index is 1.86. The van der Waals surface area contributed by atoms with Crippen LogP contribution in [0.25, 0.3) is 10.1 Å². The van der Waals surface area contributed by atoms with Crippen LogP contribution in [0.1, 0.15) is 15.8 Å². The molecule has 1 aromatic carbocycles. The van der Waals surface area contributed by atoms with Gasteiger partial charge in [0.25, 0.3) is 0 Å². The van der Waals surface area contributed by atoms with Gasteiger partial charge in [-0.15, -0.1) is 22.7 Å². The molecule has 3 aromatic rings. The van der Waals surface area contributed by atoms with Crippen LogP contribution < -0.4 is 5.73 Å². The van der Waals surface area contributed by atoms with E-state index < -0.39 is 0 Å². The molecule has 0 aliphatic rings. The molecular weight excluding hydrogens is 345 g/mol. The summed E-state index contributed by atoms with van der Waals surface area (Å²) in [4.78, 5) is 2.35. The van der Waals surface area contributed by atoms with E-state index in [2.05, 4.69) is 33.4 Å². The van der Waals surface area contributed by atoms with Crippen molar-refractivity contribution in [3.63, 3.8) is 0 Å². The minimum Gasteiger partial charge on any atom is -0.323 e. The first-order chi connectivity index (χ1) is 9.11. The molecule has 1 unspecified atom stereocenters. The molecule has 2 aromatic heterocycles. The van der Waals surface area contributed by atoms with Crippen LogP contribution in [0.5, 0.6) is 0 Å². The monoisotopic (exact) mass is 355 g/mol. The van der Waals surface area contributed by atoms with Crippen molar-refractivity contribution in [3.8, 4) is 0 Å². The summed E-state index contributed by atoms with van der Waals surface area (Å²) in [5, 5.41) is 3.12. The van der Waals surface area contributed by atoms with Crippen LogP contribution in [-0.4, -0.2) is 0 Å². The molecule has 2 N–H and O–H groups in total. The summed E-state index contributed by atoms with van der Waals surface area (Å²) in [7, 11) is 0. The summed E-state index contributed by atoms with van der Waals surface area (Å²) in [6.07, 6.45) is 0.811. The quantitative estimate of drug-likeness (QED) is 0.694. The van der Waals surface area contributed by atoms with Gasteiger partial charge in [-0.1, -0.05) is 6.07 Å². The fourth-order valence-electron chi connectivity index (χ4n) is 1.99. The summed E-state index contributed by atoms with van der Waals surface area (Å²) in [6, 6.07) is 8.98. The number of hydrogen-bond donors (Lipinski definition) is 1. The van der Waals surface area contributed by atoms with E-state index >= 15 is 0 Å². The number of rotatable bonds is 3. The first kappa shape index (κ1) is 13.2. The van der Waals surface area contributed by atoms with Gasteiger partial charge in [-0.05, 0) is 45.6 Å². The molecule has 0 spiro atoms. The Morgan fingerprint density at radius 1 is 1.26 bits per heavy atom. The van der Waals surface area contributed by atoms with E-state index in [1.165, 1.54) is 10.9 Å². The van der Waals surface area contributed by atoms with Crippen molar-refractivity contribution in [2.45, 2.75) is 12.5 Å². The van der Waals surface area contributed by atoms with E-state index in [0.29, 0.717) is 0 Å². The molecule has 0 bridgehead atoms. The molecular formula is C14H11BrFNS2. The van der Waals surface area contributed by atoms with Crippen LogP contribution >= 0.6 is 38.6 Å². The molecule has 98 valence electrons. The lowest BCUT2D eigenvalue weighted by Gasteiger charge is -2.06. The highest BCUT2D eigenvalue weighted by atomic mass is 79.9. The van der Waals surface area contributed by atoms with Crippen molar-refractivity contribution in [2.75, 3.05) is 0 Å². The van der Waals surface area contributed by atoms with Gasteiger partial charge in [0, 0.05) is 36.8 Å². The van der Waals surface area contributed by atoms with Gasteiger partial charge < -0.3 is 5.73 Å². The van der Waals surface area contributed by atoms with E-state index in [0.717, 1.165) is 25.9 Å². The smallest absolute Gasteiger partial charge is 0.124 e. The van der Waals surface area contributed by atoms with Crippen LogP contribution in [0, 0.1) is 5.82 Å². The predicted molar refractivity (Wildman–Crippen MR) is 84.4 cm³/mol. The Hall–Kier alpha value is -0.750. The lowest BCUT2D eigenvalue weighted by molar-refractivity contribution is 0.630. The Morgan fingerprint density at radius 3 is 2.84 bits per heavy atom. The maximum absolute atomic E-state index is 13.2. The average Bonchev–Trinajstić information content (AvgIpc) is 2.95. The topological polar surface area (TPSA) is 26.0 Å². The van der Waals surface area contributed by atoms with Gasteiger partial charge in [0.05, 0.1) is 0 Å². The van der Waals surface area contributed by atoms with Gasteiger partial charge in [0.1, 0.15) is 5.82 Å². The van der Waals surface area contributed by atoms with Crippen LogP contribution in [0.3, 0.4) is 0 Å². The maximum atomic E-state index is 13.2. The van der Waals surface area contributed by atoms with Crippen molar-refractivity contribution in [1.29, 1.82) is 0 Å². The molecule has 0 radical (unpaired) electrons. The minimum atomic E-state index is -0.198. The van der Waals surface area contributed by atoms with Crippen LogP contribution in [0.15, 0.2) is 40.2 Å². The maximum Gasteiger partial charge on any atom is 0.124 e. The highest BCUT2D eigenvalue weighted by Crippen LogP contribution is 2.32. The van der Waals surface area contributed by atoms with Crippen LogP contribution in [0.2, 0.25) is 0 Å². The molecule has 0 saturated heterocycles. The molecule has 0 fully saturated rings. The average molecular weight is 356 g/mol. The standard InChI is InChI=1S/C14H11BrFNS2/c15-9-4-11(18-7-9)6-12(17)14-3-8-1-2-10(16)5-13(8)19-14/h1-5,7,12H,6,17H2. The van der Waals surface area contributed by atoms with E-state index in [1.54, 1.807) is 34.8 Å². The molecule has 5 heteroatoms. The second-order valence-electron chi connectivity index (χ2n) is 4.37. The Bertz CT molecular complexity index is 719. The third kappa shape index (κ3) is 2.89. The molecule has 0 amide bonds. The molecule has 19 heavy (non-hydrogen) atoms. The zero-order chi connectivity index (χ0) is 13.4. The van der Waals surface area contributed by atoms with Gasteiger partial charge in [-0.25, -0.2) is 4.39 Å². The number of benzene rings is 1. The van der Waals surface area contributed by atoms with Crippen molar-refractivity contribution in [3.05, 3.63) is 55.8 Å².